The van der Waals surface area contributed by atoms with Crippen molar-refractivity contribution in [3.63, 3.8) is 0 Å². The lowest BCUT2D eigenvalue weighted by Gasteiger charge is -2.24. The number of halogens is 3. The van der Waals surface area contributed by atoms with Gasteiger partial charge in [0.05, 0.1) is 16.9 Å². The molecule has 2 amide bonds. The number of rotatable bonds is 9. The van der Waals surface area contributed by atoms with Crippen LogP contribution in [0, 0.1) is 0 Å². The van der Waals surface area contributed by atoms with Gasteiger partial charge in [-0.05, 0) is 54.8 Å². The number of amides is 2. The molecule has 9 heteroatoms. The fraction of sp³-hybridized carbons (Fsp3) is 0.320. The van der Waals surface area contributed by atoms with Gasteiger partial charge in [-0.1, -0.05) is 31.9 Å². The Morgan fingerprint density at radius 1 is 1.09 bits per heavy atom. The molecule has 0 radical (unpaired) electrons. The molecule has 34 heavy (non-hydrogen) atoms. The van der Waals surface area contributed by atoms with Crippen molar-refractivity contribution in [2.24, 2.45) is 0 Å². The van der Waals surface area contributed by atoms with Crippen LogP contribution in [0.1, 0.15) is 37.3 Å². The maximum Gasteiger partial charge on any atom is 0.416 e. The van der Waals surface area contributed by atoms with E-state index in [4.69, 9.17) is 5.73 Å². The van der Waals surface area contributed by atoms with Crippen LogP contribution >= 0.6 is 0 Å². The van der Waals surface area contributed by atoms with Gasteiger partial charge in [-0.3, -0.25) is 9.88 Å². The van der Waals surface area contributed by atoms with Crippen LogP contribution in [-0.2, 0) is 12.6 Å². The van der Waals surface area contributed by atoms with E-state index in [1.807, 2.05) is 12.1 Å². The van der Waals surface area contributed by atoms with Gasteiger partial charge in [-0.2, -0.15) is 13.2 Å². The minimum absolute atomic E-state index is 0.229. The second-order valence-electron chi connectivity index (χ2n) is 7.88. The lowest BCUT2D eigenvalue weighted by Crippen LogP contribution is -2.42. The molecular weight excluding hydrogens is 443 g/mol. The number of nitrogens with zero attached hydrogens (tertiary/aromatic N) is 3. The van der Waals surface area contributed by atoms with E-state index in [0.717, 1.165) is 37.0 Å². The van der Waals surface area contributed by atoms with Crippen LogP contribution < -0.4 is 16.0 Å². The smallest absolute Gasteiger partial charge is 0.396 e. The van der Waals surface area contributed by atoms with E-state index in [1.165, 1.54) is 11.0 Å². The summed E-state index contributed by atoms with van der Waals surface area (Å²) in [6, 6.07) is 11.5. The van der Waals surface area contributed by atoms with Gasteiger partial charge < -0.3 is 11.1 Å². The van der Waals surface area contributed by atoms with Crippen LogP contribution in [0.25, 0.3) is 11.3 Å². The number of carbonyl (C=O) groups is 1. The summed E-state index contributed by atoms with van der Waals surface area (Å²) in [5.74, 6) is 0.229. The molecule has 0 saturated carbocycles. The van der Waals surface area contributed by atoms with Gasteiger partial charge >= 0.3 is 12.2 Å². The van der Waals surface area contributed by atoms with Crippen LogP contribution in [0.3, 0.4) is 0 Å². The number of urea groups is 1. The highest BCUT2D eigenvalue weighted by Gasteiger charge is 2.30. The molecule has 0 atom stereocenters. The van der Waals surface area contributed by atoms with Gasteiger partial charge in [0.2, 0.25) is 0 Å². The number of alkyl halides is 3. The summed E-state index contributed by atoms with van der Waals surface area (Å²) in [6.45, 7) is 2.85. The molecule has 6 nitrogen and oxygen atoms in total. The molecule has 0 aliphatic rings. The predicted molar refractivity (Wildman–Crippen MR) is 127 cm³/mol. The molecule has 3 rings (SSSR count). The molecule has 0 aliphatic heterocycles. The third-order valence-corrected chi connectivity index (χ3v) is 5.32. The summed E-state index contributed by atoms with van der Waals surface area (Å²) >= 11 is 0. The van der Waals surface area contributed by atoms with Gasteiger partial charge in [0.15, 0.2) is 5.82 Å². The van der Waals surface area contributed by atoms with Crippen LogP contribution in [0.2, 0.25) is 0 Å². The fourth-order valence-electron chi connectivity index (χ4n) is 3.47. The Morgan fingerprint density at radius 3 is 2.56 bits per heavy atom. The molecule has 0 unspecified atom stereocenters. The average Bonchev–Trinajstić information content (AvgIpc) is 2.83. The van der Waals surface area contributed by atoms with Crippen molar-refractivity contribution in [3.05, 3.63) is 72.1 Å². The molecule has 2 aromatic heterocycles. The van der Waals surface area contributed by atoms with Crippen LogP contribution in [0.4, 0.5) is 29.5 Å². The number of nitrogen functional groups attached to an aromatic ring is 1. The standard InChI is InChI=1S/C25H28F3N5O/c1-2-3-4-16-33(24(34)31-15-12-18-10-13-30-14-11-18)23-21(29)8-9-22(32-23)19-6-5-7-20(17-19)25(26,27)28/h5-11,13-14,17H,2-4,12,15-16,29H2,1H3,(H,31,34). The molecule has 0 fully saturated rings. The Kier molecular flexibility index (Phi) is 8.45. The number of anilines is 2. The van der Waals surface area contributed by atoms with Crippen molar-refractivity contribution in [1.29, 1.82) is 0 Å². The van der Waals surface area contributed by atoms with Crippen LogP contribution in [0.15, 0.2) is 60.9 Å². The second-order valence-corrected chi connectivity index (χ2v) is 7.88. The molecule has 3 N–H and O–H groups in total. The number of unbranched alkanes of at least 4 members (excludes halogenated alkanes) is 2. The van der Waals surface area contributed by atoms with E-state index in [1.54, 1.807) is 30.6 Å². The van der Waals surface area contributed by atoms with Crippen molar-refractivity contribution in [2.75, 3.05) is 23.7 Å². The molecule has 1 aromatic carbocycles. The molecule has 2 heterocycles. The van der Waals surface area contributed by atoms with Crippen molar-refractivity contribution >= 4 is 17.5 Å². The highest BCUT2D eigenvalue weighted by Crippen LogP contribution is 2.33. The predicted octanol–water partition coefficient (Wildman–Crippen LogP) is 5.69. The van der Waals surface area contributed by atoms with Crippen molar-refractivity contribution in [3.8, 4) is 11.3 Å². The van der Waals surface area contributed by atoms with Gasteiger partial charge in [0.25, 0.3) is 0 Å². The zero-order valence-corrected chi connectivity index (χ0v) is 19.0. The summed E-state index contributed by atoms with van der Waals surface area (Å²) in [7, 11) is 0. The summed E-state index contributed by atoms with van der Waals surface area (Å²) < 4.78 is 39.5. The maximum atomic E-state index is 13.2. The number of carbonyl (C=O) groups excluding carboxylic acids is 1. The maximum absolute atomic E-state index is 13.2. The first-order valence-electron chi connectivity index (χ1n) is 11.2. The van der Waals surface area contributed by atoms with E-state index < -0.39 is 11.7 Å². The number of hydrogen-bond acceptors (Lipinski definition) is 4. The minimum Gasteiger partial charge on any atom is -0.396 e. The Balaban J connectivity index is 1.84. The zero-order valence-electron chi connectivity index (χ0n) is 19.0. The highest BCUT2D eigenvalue weighted by molar-refractivity contribution is 5.94. The molecular formula is C25H28F3N5O. The van der Waals surface area contributed by atoms with Crippen molar-refractivity contribution in [1.82, 2.24) is 15.3 Å². The minimum atomic E-state index is -4.46. The summed E-state index contributed by atoms with van der Waals surface area (Å²) in [4.78, 5) is 23.0. The second kappa shape index (κ2) is 11.5. The highest BCUT2D eigenvalue weighted by atomic mass is 19.4. The summed E-state index contributed by atoms with van der Waals surface area (Å²) in [5, 5.41) is 2.89. The largest absolute Gasteiger partial charge is 0.416 e. The van der Waals surface area contributed by atoms with Crippen molar-refractivity contribution in [2.45, 2.75) is 38.8 Å². The quantitative estimate of drug-likeness (QED) is 0.393. The Bertz CT molecular complexity index is 1090. The van der Waals surface area contributed by atoms with Crippen LogP contribution in [0.5, 0.6) is 0 Å². The Morgan fingerprint density at radius 2 is 1.85 bits per heavy atom. The van der Waals surface area contributed by atoms with Gasteiger partial charge in [-0.15, -0.1) is 0 Å². The first kappa shape index (κ1) is 25.0. The number of hydrogen-bond donors (Lipinski definition) is 2. The number of pyridine rings is 2. The molecule has 0 saturated heterocycles. The normalized spacial score (nSPS) is 11.3. The molecule has 3 aromatic rings. The third kappa shape index (κ3) is 6.69. The molecule has 0 aliphatic carbocycles. The van der Waals surface area contributed by atoms with Crippen LogP contribution in [-0.4, -0.2) is 29.1 Å². The number of aromatic nitrogens is 2. The Hall–Kier alpha value is -3.62. The fourth-order valence-corrected chi connectivity index (χ4v) is 3.47. The van der Waals surface area contributed by atoms with E-state index in [0.29, 0.717) is 30.8 Å². The molecule has 180 valence electrons. The monoisotopic (exact) mass is 471 g/mol. The number of nitrogens with one attached hydrogen (secondary N) is 1. The van der Waals surface area contributed by atoms with Gasteiger partial charge in [-0.25, -0.2) is 9.78 Å². The topological polar surface area (TPSA) is 84.1 Å². The lowest BCUT2D eigenvalue weighted by atomic mass is 10.1. The number of benzene rings is 1. The first-order chi connectivity index (χ1) is 16.3. The summed E-state index contributed by atoms with van der Waals surface area (Å²) in [5.41, 5.74) is 7.31. The van der Waals surface area contributed by atoms with Crippen molar-refractivity contribution < 1.29 is 18.0 Å². The van der Waals surface area contributed by atoms with E-state index in [-0.39, 0.29) is 17.5 Å². The van der Waals surface area contributed by atoms with E-state index >= 15 is 0 Å². The molecule has 0 bridgehead atoms. The third-order valence-electron chi connectivity index (χ3n) is 5.32. The zero-order chi connectivity index (χ0) is 24.6. The molecule has 0 spiro atoms. The first-order valence-corrected chi connectivity index (χ1v) is 11.2. The number of nitrogens with two attached hydrogens (primary N) is 1. The lowest BCUT2D eigenvalue weighted by molar-refractivity contribution is -0.137. The SMILES string of the molecule is CCCCCN(C(=O)NCCc1ccncc1)c1nc(-c2cccc(C(F)(F)F)c2)ccc1N. The summed E-state index contributed by atoms with van der Waals surface area (Å²) in [6.07, 6.45) is 2.16. The van der Waals surface area contributed by atoms with Gasteiger partial charge in [0, 0.05) is 31.0 Å². The van der Waals surface area contributed by atoms with E-state index in [2.05, 4.69) is 22.2 Å². The van der Waals surface area contributed by atoms with E-state index in [9.17, 15) is 18.0 Å². The van der Waals surface area contributed by atoms with Gasteiger partial charge in [0.1, 0.15) is 0 Å². The Labute approximate surface area is 197 Å². The average molecular weight is 472 g/mol.